The second-order valence-electron chi connectivity index (χ2n) is 4.21. The molecule has 0 spiro atoms. The Balaban J connectivity index is 1.71. The van der Waals surface area contributed by atoms with Crippen LogP contribution >= 0.6 is 31.9 Å². The molecule has 0 saturated carbocycles. The first-order valence-electron chi connectivity index (χ1n) is 6.18. The van der Waals surface area contributed by atoms with Gasteiger partial charge in [-0.1, -0.05) is 31.9 Å². The number of hydrogen-bond acceptors (Lipinski definition) is 2. The van der Waals surface area contributed by atoms with Crippen LogP contribution in [0, 0.1) is 5.82 Å². The van der Waals surface area contributed by atoms with E-state index >= 15 is 0 Å². The van der Waals surface area contributed by atoms with Gasteiger partial charge in [0, 0.05) is 27.6 Å². The maximum absolute atomic E-state index is 13.5. The molecule has 0 aliphatic rings. The van der Waals surface area contributed by atoms with Gasteiger partial charge in [0.05, 0.1) is 0 Å². The Bertz CT molecular complexity index is 560. The lowest BCUT2D eigenvalue weighted by Gasteiger charge is -2.08. The summed E-state index contributed by atoms with van der Waals surface area (Å²) in [6.07, 6.45) is 0. The quantitative estimate of drug-likeness (QED) is 0.717. The van der Waals surface area contributed by atoms with Crippen molar-refractivity contribution in [2.24, 2.45) is 0 Å². The standard InChI is InChI=1S/C15H14Br2FNO/c16-12-1-4-14(5-2-12)20-8-7-19-10-11-9-13(17)3-6-15(11)18/h1-6,9,19H,7-8,10H2. The highest BCUT2D eigenvalue weighted by molar-refractivity contribution is 9.10. The van der Waals surface area contributed by atoms with Crippen LogP contribution in [-0.2, 0) is 6.54 Å². The predicted octanol–water partition coefficient (Wildman–Crippen LogP) is 4.52. The first kappa shape index (κ1) is 15.5. The van der Waals surface area contributed by atoms with Crippen molar-refractivity contribution in [3.05, 3.63) is 62.8 Å². The third-order valence-electron chi connectivity index (χ3n) is 2.68. The minimum atomic E-state index is -0.200. The fourth-order valence-electron chi connectivity index (χ4n) is 1.67. The molecular formula is C15H14Br2FNO. The van der Waals surface area contributed by atoms with E-state index in [-0.39, 0.29) is 5.82 Å². The molecule has 0 aromatic heterocycles. The zero-order chi connectivity index (χ0) is 14.4. The van der Waals surface area contributed by atoms with E-state index in [0.29, 0.717) is 25.3 Å². The Morgan fingerprint density at radius 1 is 1.00 bits per heavy atom. The lowest BCUT2D eigenvalue weighted by Crippen LogP contribution is -2.21. The summed E-state index contributed by atoms with van der Waals surface area (Å²) in [6, 6.07) is 12.6. The summed E-state index contributed by atoms with van der Waals surface area (Å²) in [6.45, 7) is 1.67. The number of benzene rings is 2. The lowest BCUT2D eigenvalue weighted by atomic mass is 10.2. The Labute approximate surface area is 134 Å². The molecule has 0 heterocycles. The summed E-state index contributed by atoms with van der Waals surface area (Å²) < 4.78 is 20.9. The Kier molecular flexibility index (Phi) is 6.01. The Hall–Kier alpha value is -0.910. The summed E-state index contributed by atoms with van der Waals surface area (Å²) >= 11 is 6.70. The van der Waals surface area contributed by atoms with Crippen molar-refractivity contribution in [1.29, 1.82) is 0 Å². The molecule has 2 nitrogen and oxygen atoms in total. The molecule has 0 aliphatic heterocycles. The van der Waals surface area contributed by atoms with Gasteiger partial charge in [-0.15, -0.1) is 0 Å². The van der Waals surface area contributed by atoms with Gasteiger partial charge in [0.15, 0.2) is 0 Å². The summed E-state index contributed by atoms with van der Waals surface area (Å²) in [4.78, 5) is 0. The van der Waals surface area contributed by atoms with Gasteiger partial charge in [-0.05, 0) is 42.5 Å². The van der Waals surface area contributed by atoms with Gasteiger partial charge in [0.2, 0.25) is 0 Å². The van der Waals surface area contributed by atoms with Crippen LogP contribution in [-0.4, -0.2) is 13.2 Å². The summed E-state index contributed by atoms with van der Waals surface area (Å²) in [5.74, 6) is 0.623. The fourth-order valence-corrected chi connectivity index (χ4v) is 2.35. The van der Waals surface area contributed by atoms with E-state index in [4.69, 9.17) is 4.74 Å². The third-order valence-corrected chi connectivity index (χ3v) is 3.71. The van der Waals surface area contributed by atoms with Crippen LogP contribution in [0.2, 0.25) is 0 Å². The van der Waals surface area contributed by atoms with Gasteiger partial charge in [0.1, 0.15) is 18.2 Å². The minimum absolute atomic E-state index is 0.200. The van der Waals surface area contributed by atoms with E-state index in [1.54, 1.807) is 12.1 Å². The normalized spacial score (nSPS) is 10.6. The average molecular weight is 403 g/mol. The molecule has 0 unspecified atom stereocenters. The van der Waals surface area contributed by atoms with E-state index in [2.05, 4.69) is 37.2 Å². The molecular weight excluding hydrogens is 389 g/mol. The maximum Gasteiger partial charge on any atom is 0.127 e. The monoisotopic (exact) mass is 401 g/mol. The SMILES string of the molecule is Fc1ccc(Br)cc1CNCCOc1ccc(Br)cc1. The fraction of sp³-hybridized carbons (Fsp3) is 0.200. The molecule has 2 aromatic rings. The van der Waals surface area contributed by atoms with Gasteiger partial charge in [-0.25, -0.2) is 4.39 Å². The van der Waals surface area contributed by atoms with E-state index < -0.39 is 0 Å². The molecule has 0 radical (unpaired) electrons. The van der Waals surface area contributed by atoms with Gasteiger partial charge in [0.25, 0.3) is 0 Å². The molecule has 5 heteroatoms. The van der Waals surface area contributed by atoms with E-state index in [9.17, 15) is 4.39 Å². The van der Waals surface area contributed by atoms with Crippen LogP contribution in [0.1, 0.15) is 5.56 Å². The predicted molar refractivity (Wildman–Crippen MR) is 85.4 cm³/mol. The summed E-state index contributed by atoms with van der Waals surface area (Å²) in [5.41, 5.74) is 0.642. The van der Waals surface area contributed by atoms with Crippen LogP contribution < -0.4 is 10.1 Å². The first-order chi connectivity index (χ1) is 9.65. The number of nitrogens with one attached hydrogen (secondary N) is 1. The Morgan fingerprint density at radius 2 is 1.70 bits per heavy atom. The highest BCUT2D eigenvalue weighted by atomic mass is 79.9. The topological polar surface area (TPSA) is 21.3 Å². The van der Waals surface area contributed by atoms with Gasteiger partial charge >= 0.3 is 0 Å². The number of halogens is 3. The molecule has 1 N–H and O–H groups in total. The second-order valence-corrected chi connectivity index (χ2v) is 6.05. The van der Waals surface area contributed by atoms with Crippen molar-refractivity contribution in [2.75, 3.05) is 13.2 Å². The van der Waals surface area contributed by atoms with Crippen molar-refractivity contribution in [3.8, 4) is 5.75 Å². The van der Waals surface area contributed by atoms with Crippen LogP contribution in [0.5, 0.6) is 5.75 Å². The molecule has 0 amide bonds. The maximum atomic E-state index is 13.5. The molecule has 0 saturated heterocycles. The molecule has 20 heavy (non-hydrogen) atoms. The molecule has 2 aromatic carbocycles. The van der Waals surface area contributed by atoms with Crippen molar-refractivity contribution >= 4 is 31.9 Å². The molecule has 0 atom stereocenters. The number of ether oxygens (including phenoxy) is 1. The van der Waals surface area contributed by atoms with Crippen molar-refractivity contribution in [2.45, 2.75) is 6.54 Å². The lowest BCUT2D eigenvalue weighted by molar-refractivity contribution is 0.313. The van der Waals surface area contributed by atoms with Crippen LogP contribution in [0.4, 0.5) is 4.39 Å². The highest BCUT2D eigenvalue weighted by Crippen LogP contribution is 2.16. The zero-order valence-electron chi connectivity index (χ0n) is 10.7. The van der Waals surface area contributed by atoms with Gasteiger partial charge in [-0.2, -0.15) is 0 Å². The van der Waals surface area contributed by atoms with Crippen molar-refractivity contribution in [1.82, 2.24) is 5.32 Å². The van der Waals surface area contributed by atoms with Crippen molar-refractivity contribution < 1.29 is 9.13 Å². The zero-order valence-corrected chi connectivity index (χ0v) is 13.9. The molecule has 2 rings (SSSR count). The molecule has 106 valence electrons. The van der Waals surface area contributed by atoms with E-state index in [0.717, 1.165) is 14.7 Å². The minimum Gasteiger partial charge on any atom is -0.492 e. The smallest absolute Gasteiger partial charge is 0.127 e. The van der Waals surface area contributed by atoms with Gasteiger partial charge in [-0.3, -0.25) is 0 Å². The van der Waals surface area contributed by atoms with Crippen LogP contribution in [0.3, 0.4) is 0 Å². The summed E-state index contributed by atoms with van der Waals surface area (Å²) in [7, 11) is 0. The molecule has 0 bridgehead atoms. The Morgan fingerprint density at radius 3 is 2.45 bits per heavy atom. The number of rotatable bonds is 6. The van der Waals surface area contributed by atoms with Crippen molar-refractivity contribution in [3.63, 3.8) is 0 Å². The summed E-state index contributed by atoms with van der Waals surface area (Å²) in [5, 5.41) is 3.16. The second kappa shape index (κ2) is 7.76. The largest absolute Gasteiger partial charge is 0.492 e. The van der Waals surface area contributed by atoms with Crippen LogP contribution in [0.25, 0.3) is 0 Å². The van der Waals surface area contributed by atoms with E-state index in [1.807, 2.05) is 24.3 Å². The first-order valence-corrected chi connectivity index (χ1v) is 7.77. The van der Waals surface area contributed by atoms with Crippen LogP contribution in [0.15, 0.2) is 51.4 Å². The van der Waals surface area contributed by atoms with E-state index in [1.165, 1.54) is 6.07 Å². The highest BCUT2D eigenvalue weighted by Gasteiger charge is 2.02. The average Bonchev–Trinajstić information content (AvgIpc) is 2.44. The van der Waals surface area contributed by atoms with Gasteiger partial charge < -0.3 is 10.1 Å². The molecule has 0 fully saturated rings. The molecule has 0 aliphatic carbocycles. The number of hydrogen-bond donors (Lipinski definition) is 1. The third kappa shape index (κ3) is 4.89.